The number of ether oxygens (including phenoxy) is 2. The summed E-state index contributed by atoms with van der Waals surface area (Å²) in [5, 5.41) is 7.68. The highest BCUT2D eigenvalue weighted by Gasteiger charge is 2.42. The fraction of sp³-hybridized carbons (Fsp3) is 0.148. The van der Waals surface area contributed by atoms with Gasteiger partial charge in [0.25, 0.3) is 5.91 Å². The summed E-state index contributed by atoms with van der Waals surface area (Å²) in [7, 11) is 1.39. The first-order valence-electron chi connectivity index (χ1n) is 11.5. The second-order valence-corrected chi connectivity index (χ2v) is 8.54. The first kappa shape index (κ1) is 22.7. The summed E-state index contributed by atoms with van der Waals surface area (Å²) in [5.74, 6) is 0.407. The molecular weight excluding hydrogens is 480 g/mol. The van der Waals surface area contributed by atoms with Crippen LogP contribution in [0.4, 0.5) is 26.0 Å². The molecule has 8 nitrogen and oxygen atoms in total. The number of para-hydroxylation sites is 3. The standard InChI is InChI=1S/C27H21F2N5O3/c1-15-22-23(16-12-13-20(37-27(28)29)21(14-16)36-2)33-19-11-7-6-10-18(19)30-26(35)25(33)31-24(22)34(32-15)17-8-4-3-5-9-17/h3-14,23,27H,1-2H3,(H,30,35). The number of fused-ring (bicyclic) bond motifs is 4. The topological polar surface area (TPSA) is 81.0 Å². The van der Waals surface area contributed by atoms with Gasteiger partial charge >= 0.3 is 6.61 Å². The molecule has 0 spiro atoms. The third-order valence-corrected chi connectivity index (χ3v) is 6.39. The minimum atomic E-state index is -3.00. The number of benzene rings is 3. The van der Waals surface area contributed by atoms with Gasteiger partial charge in [-0.15, -0.1) is 0 Å². The highest BCUT2D eigenvalue weighted by Crippen LogP contribution is 2.48. The lowest BCUT2D eigenvalue weighted by Crippen LogP contribution is -2.48. The Morgan fingerprint density at radius 1 is 1.00 bits per heavy atom. The molecule has 0 saturated carbocycles. The average Bonchev–Trinajstić information content (AvgIpc) is 3.24. The number of aliphatic imine (C=N–C) groups is 1. The van der Waals surface area contributed by atoms with Crippen LogP contribution in [0.25, 0.3) is 5.69 Å². The minimum Gasteiger partial charge on any atom is -0.493 e. The van der Waals surface area contributed by atoms with Crippen molar-refractivity contribution in [1.29, 1.82) is 0 Å². The number of hydrogen-bond acceptors (Lipinski definition) is 6. The molecule has 2 aliphatic rings. The van der Waals surface area contributed by atoms with E-state index in [1.54, 1.807) is 16.8 Å². The molecule has 37 heavy (non-hydrogen) atoms. The smallest absolute Gasteiger partial charge is 0.387 e. The molecule has 0 bridgehead atoms. The molecule has 1 atom stereocenters. The Morgan fingerprint density at radius 2 is 1.76 bits per heavy atom. The SMILES string of the molecule is COc1cc(C2c3c(C)nn(-c4ccccc4)c3N=C3C(=O)Nc4ccccc4N32)ccc1OC(F)F. The number of aromatic nitrogens is 2. The van der Waals surface area contributed by atoms with E-state index in [1.165, 1.54) is 13.2 Å². The molecule has 3 aromatic carbocycles. The fourth-order valence-corrected chi connectivity index (χ4v) is 4.85. The Bertz CT molecular complexity index is 1550. The fourth-order valence-electron chi connectivity index (χ4n) is 4.85. The van der Waals surface area contributed by atoms with Crippen LogP contribution in [0.3, 0.4) is 0 Å². The van der Waals surface area contributed by atoms with Gasteiger partial charge in [-0.2, -0.15) is 13.9 Å². The van der Waals surface area contributed by atoms with Gasteiger partial charge in [0.05, 0.1) is 35.9 Å². The lowest BCUT2D eigenvalue weighted by atomic mass is 9.93. The molecule has 0 aliphatic carbocycles. The maximum Gasteiger partial charge on any atom is 0.387 e. The summed E-state index contributed by atoms with van der Waals surface area (Å²) < 4.78 is 37.7. The molecule has 1 amide bonds. The summed E-state index contributed by atoms with van der Waals surface area (Å²) in [6, 6.07) is 21.2. The zero-order valence-corrected chi connectivity index (χ0v) is 19.9. The molecule has 1 N–H and O–H groups in total. The molecule has 10 heteroatoms. The van der Waals surface area contributed by atoms with E-state index in [0.29, 0.717) is 22.8 Å². The third kappa shape index (κ3) is 3.68. The van der Waals surface area contributed by atoms with Crippen molar-refractivity contribution in [3.8, 4) is 17.2 Å². The van der Waals surface area contributed by atoms with Crippen LogP contribution in [0.15, 0.2) is 77.8 Å². The molecule has 186 valence electrons. The van der Waals surface area contributed by atoms with Gasteiger partial charge in [0, 0.05) is 5.56 Å². The van der Waals surface area contributed by atoms with E-state index < -0.39 is 12.7 Å². The van der Waals surface area contributed by atoms with Gasteiger partial charge in [-0.25, -0.2) is 9.67 Å². The van der Waals surface area contributed by atoms with Crippen molar-refractivity contribution in [2.75, 3.05) is 17.3 Å². The van der Waals surface area contributed by atoms with E-state index >= 15 is 0 Å². The van der Waals surface area contributed by atoms with Crippen LogP contribution < -0.4 is 19.7 Å². The summed E-state index contributed by atoms with van der Waals surface area (Å²) in [6.45, 7) is -1.11. The van der Waals surface area contributed by atoms with Crippen molar-refractivity contribution in [1.82, 2.24) is 9.78 Å². The largest absolute Gasteiger partial charge is 0.493 e. The number of anilines is 2. The maximum absolute atomic E-state index is 13.3. The van der Waals surface area contributed by atoms with Crippen molar-refractivity contribution in [2.45, 2.75) is 19.6 Å². The van der Waals surface area contributed by atoms with E-state index in [-0.39, 0.29) is 23.2 Å². The lowest BCUT2D eigenvalue weighted by molar-refractivity contribution is -0.110. The second-order valence-electron chi connectivity index (χ2n) is 8.54. The minimum absolute atomic E-state index is 0.0836. The van der Waals surface area contributed by atoms with E-state index in [1.807, 2.05) is 66.4 Å². The Labute approximate surface area is 210 Å². The van der Waals surface area contributed by atoms with Gasteiger partial charge < -0.3 is 19.7 Å². The van der Waals surface area contributed by atoms with Crippen molar-refractivity contribution >= 4 is 28.9 Å². The Morgan fingerprint density at radius 3 is 2.51 bits per heavy atom. The van der Waals surface area contributed by atoms with Crippen molar-refractivity contribution in [3.05, 3.63) is 89.6 Å². The van der Waals surface area contributed by atoms with Gasteiger partial charge in [0.15, 0.2) is 17.3 Å². The van der Waals surface area contributed by atoms with Crippen LogP contribution in [0.2, 0.25) is 0 Å². The Balaban J connectivity index is 1.61. The summed E-state index contributed by atoms with van der Waals surface area (Å²) >= 11 is 0. The number of halogens is 2. The lowest BCUT2D eigenvalue weighted by Gasteiger charge is -2.40. The number of rotatable bonds is 5. The zero-order chi connectivity index (χ0) is 25.7. The number of amides is 1. The number of nitrogens with zero attached hydrogens (tertiary/aromatic N) is 4. The number of hydrogen-bond donors (Lipinski definition) is 1. The second kappa shape index (κ2) is 8.74. The number of aryl methyl sites for hydroxylation is 1. The molecule has 0 fully saturated rings. The third-order valence-electron chi connectivity index (χ3n) is 6.39. The van der Waals surface area contributed by atoms with E-state index in [2.05, 4.69) is 10.1 Å². The van der Waals surface area contributed by atoms with Crippen LogP contribution >= 0.6 is 0 Å². The predicted molar refractivity (Wildman–Crippen MR) is 134 cm³/mol. The van der Waals surface area contributed by atoms with Gasteiger partial charge in [-0.1, -0.05) is 36.4 Å². The number of amidine groups is 1. The summed E-state index contributed by atoms with van der Waals surface area (Å²) in [6.07, 6.45) is 0. The Hall–Kier alpha value is -4.73. The van der Waals surface area contributed by atoms with Crippen LogP contribution in [0.1, 0.15) is 22.9 Å². The molecule has 2 aliphatic heterocycles. The molecular formula is C27H21F2N5O3. The average molecular weight is 501 g/mol. The van der Waals surface area contributed by atoms with Crippen LogP contribution in [-0.4, -0.2) is 35.2 Å². The van der Waals surface area contributed by atoms with Crippen molar-refractivity contribution < 1.29 is 23.0 Å². The molecule has 3 heterocycles. The van der Waals surface area contributed by atoms with Gasteiger partial charge in [0.2, 0.25) is 5.84 Å². The van der Waals surface area contributed by atoms with Crippen LogP contribution in [0, 0.1) is 6.92 Å². The molecule has 0 saturated heterocycles. The normalized spacial score (nSPS) is 15.9. The number of methoxy groups -OCH3 is 1. The number of alkyl halides is 2. The molecule has 6 rings (SSSR count). The summed E-state index contributed by atoms with van der Waals surface area (Å²) in [5.41, 5.74) is 4.35. The maximum atomic E-state index is 13.3. The van der Waals surface area contributed by atoms with Gasteiger partial charge in [0.1, 0.15) is 0 Å². The quantitative estimate of drug-likeness (QED) is 0.397. The van der Waals surface area contributed by atoms with E-state index in [4.69, 9.17) is 14.8 Å². The van der Waals surface area contributed by atoms with E-state index in [9.17, 15) is 13.6 Å². The number of carbonyl (C=O) groups excluding carboxylic acids is 1. The molecule has 1 unspecified atom stereocenters. The summed E-state index contributed by atoms with van der Waals surface area (Å²) in [4.78, 5) is 19.9. The molecule has 1 aromatic heterocycles. The first-order chi connectivity index (χ1) is 18.0. The monoisotopic (exact) mass is 501 g/mol. The van der Waals surface area contributed by atoms with Gasteiger partial charge in [-0.3, -0.25) is 4.79 Å². The highest BCUT2D eigenvalue weighted by molar-refractivity contribution is 6.50. The predicted octanol–water partition coefficient (Wildman–Crippen LogP) is 5.38. The van der Waals surface area contributed by atoms with Gasteiger partial charge in [-0.05, 0) is 48.9 Å². The van der Waals surface area contributed by atoms with Crippen molar-refractivity contribution in [2.24, 2.45) is 4.99 Å². The molecule has 0 radical (unpaired) electrons. The number of nitrogens with one attached hydrogen (secondary N) is 1. The van der Waals surface area contributed by atoms with Crippen molar-refractivity contribution in [3.63, 3.8) is 0 Å². The van der Waals surface area contributed by atoms with Crippen LogP contribution in [0.5, 0.6) is 11.5 Å². The molecule has 4 aromatic rings. The highest BCUT2D eigenvalue weighted by atomic mass is 19.3. The zero-order valence-electron chi connectivity index (χ0n) is 19.9. The van der Waals surface area contributed by atoms with Crippen LogP contribution in [-0.2, 0) is 4.79 Å². The number of carbonyl (C=O) groups is 1. The Kier molecular flexibility index (Phi) is 5.36. The van der Waals surface area contributed by atoms with E-state index in [0.717, 1.165) is 16.9 Å². The first-order valence-corrected chi connectivity index (χ1v) is 11.5.